The summed E-state index contributed by atoms with van der Waals surface area (Å²) in [5, 5.41) is 2.92. The molecule has 0 aliphatic rings. The van der Waals surface area contributed by atoms with E-state index in [9.17, 15) is 18.0 Å². The number of carbonyl (C=O) groups is 2. The first kappa shape index (κ1) is 27.9. The van der Waals surface area contributed by atoms with Gasteiger partial charge in [0, 0.05) is 17.6 Å². The highest BCUT2D eigenvalue weighted by Gasteiger charge is 2.31. The number of benzene rings is 2. The van der Waals surface area contributed by atoms with Gasteiger partial charge in [0.1, 0.15) is 12.6 Å². The lowest BCUT2D eigenvalue weighted by Gasteiger charge is -2.33. The van der Waals surface area contributed by atoms with Crippen molar-refractivity contribution in [2.45, 2.75) is 52.6 Å². The highest BCUT2D eigenvalue weighted by Crippen LogP contribution is 2.22. The fourth-order valence-electron chi connectivity index (χ4n) is 3.62. The van der Waals surface area contributed by atoms with Crippen LogP contribution in [0.4, 0.5) is 5.69 Å². The van der Waals surface area contributed by atoms with Crippen molar-refractivity contribution < 1.29 is 18.0 Å². The molecule has 2 rings (SSSR count). The number of sulfonamides is 1. The number of rotatable bonds is 12. The van der Waals surface area contributed by atoms with Gasteiger partial charge >= 0.3 is 0 Å². The van der Waals surface area contributed by atoms with Crippen LogP contribution in [-0.4, -0.2) is 50.5 Å². The molecule has 9 heteroatoms. The van der Waals surface area contributed by atoms with E-state index in [0.29, 0.717) is 18.7 Å². The fraction of sp³-hybridized carbons (Fsp3) is 0.440. The third-order valence-corrected chi connectivity index (χ3v) is 7.28. The van der Waals surface area contributed by atoms with E-state index in [1.165, 1.54) is 4.90 Å². The van der Waals surface area contributed by atoms with Crippen LogP contribution in [0, 0.1) is 6.92 Å². The molecule has 0 saturated heterocycles. The third-order valence-electron chi connectivity index (χ3n) is 5.61. The summed E-state index contributed by atoms with van der Waals surface area (Å²) in [5.74, 6) is -0.665. The Morgan fingerprint density at radius 2 is 1.71 bits per heavy atom. The van der Waals surface area contributed by atoms with Gasteiger partial charge in [-0.05, 0) is 55.2 Å². The van der Waals surface area contributed by atoms with Crippen LogP contribution in [-0.2, 0) is 26.2 Å². The molecule has 0 spiro atoms. The molecule has 0 saturated carbocycles. The van der Waals surface area contributed by atoms with E-state index in [4.69, 9.17) is 0 Å². The van der Waals surface area contributed by atoms with E-state index in [0.717, 1.165) is 39.0 Å². The number of nitrogens with zero attached hydrogens (tertiary/aromatic N) is 2. The first-order valence-electron chi connectivity index (χ1n) is 11.4. The zero-order valence-electron chi connectivity index (χ0n) is 20.3. The molecule has 0 aromatic heterocycles. The van der Waals surface area contributed by atoms with Crippen LogP contribution in [0.1, 0.15) is 44.2 Å². The van der Waals surface area contributed by atoms with E-state index in [1.54, 1.807) is 24.3 Å². The molecule has 1 atom stereocenters. The molecule has 2 amide bonds. The van der Waals surface area contributed by atoms with Crippen molar-refractivity contribution in [3.63, 3.8) is 0 Å². The largest absolute Gasteiger partial charge is 0.354 e. The third kappa shape index (κ3) is 7.84. The summed E-state index contributed by atoms with van der Waals surface area (Å²) in [6.45, 7) is 6.19. The van der Waals surface area contributed by atoms with E-state index in [-0.39, 0.29) is 12.5 Å². The topological polar surface area (TPSA) is 86.8 Å². The lowest BCUT2D eigenvalue weighted by Crippen LogP contribution is -2.52. The minimum Gasteiger partial charge on any atom is -0.354 e. The minimum atomic E-state index is -3.74. The van der Waals surface area contributed by atoms with Crippen LogP contribution in [0.15, 0.2) is 53.0 Å². The average Bonchev–Trinajstić information content (AvgIpc) is 2.78. The predicted molar refractivity (Wildman–Crippen MR) is 140 cm³/mol. The number of anilines is 1. The van der Waals surface area contributed by atoms with Gasteiger partial charge in [-0.1, -0.05) is 60.5 Å². The minimum absolute atomic E-state index is 0.211. The van der Waals surface area contributed by atoms with Gasteiger partial charge in [-0.25, -0.2) is 8.42 Å². The summed E-state index contributed by atoms with van der Waals surface area (Å²) in [7, 11) is -3.74. The predicted octanol–water partition coefficient (Wildman–Crippen LogP) is 4.25. The molecule has 1 N–H and O–H groups in total. The highest BCUT2D eigenvalue weighted by molar-refractivity contribution is 9.10. The maximum absolute atomic E-state index is 13.6. The zero-order valence-corrected chi connectivity index (χ0v) is 22.7. The Morgan fingerprint density at radius 3 is 2.26 bits per heavy atom. The van der Waals surface area contributed by atoms with Crippen molar-refractivity contribution in [3.8, 4) is 0 Å². The van der Waals surface area contributed by atoms with Crippen molar-refractivity contribution in [1.82, 2.24) is 10.2 Å². The summed E-state index contributed by atoms with van der Waals surface area (Å²) in [6.07, 6.45) is 3.27. The summed E-state index contributed by atoms with van der Waals surface area (Å²) in [4.78, 5) is 28.1. The van der Waals surface area contributed by atoms with Gasteiger partial charge in [-0.2, -0.15) is 0 Å². The number of carbonyl (C=O) groups excluding carboxylic acids is 2. The smallest absolute Gasteiger partial charge is 0.244 e. The van der Waals surface area contributed by atoms with E-state index in [2.05, 4.69) is 21.2 Å². The number of unbranched alkanes of at least 4 members (excludes halogenated alkanes) is 1. The Kier molecular flexibility index (Phi) is 10.6. The number of amides is 2. The summed E-state index contributed by atoms with van der Waals surface area (Å²) in [5.41, 5.74) is 2.29. The Morgan fingerprint density at radius 1 is 1.06 bits per heavy atom. The molecular weight excluding hydrogens is 518 g/mol. The molecular formula is C25H34BrN3O4S. The molecule has 0 radical (unpaired) electrons. The molecule has 2 aromatic rings. The van der Waals surface area contributed by atoms with Crippen LogP contribution in [0.3, 0.4) is 0 Å². The fourth-order valence-corrected chi connectivity index (χ4v) is 4.73. The molecule has 7 nitrogen and oxygen atoms in total. The second kappa shape index (κ2) is 12.9. The van der Waals surface area contributed by atoms with Gasteiger partial charge in [0.25, 0.3) is 0 Å². The van der Waals surface area contributed by atoms with Crippen molar-refractivity contribution in [1.29, 1.82) is 0 Å². The Hall–Kier alpha value is -2.39. The summed E-state index contributed by atoms with van der Waals surface area (Å²) >= 11 is 3.35. The van der Waals surface area contributed by atoms with E-state index >= 15 is 0 Å². The summed E-state index contributed by atoms with van der Waals surface area (Å²) in [6, 6.07) is 13.7. The van der Waals surface area contributed by atoms with Gasteiger partial charge in [-0.3, -0.25) is 13.9 Å². The zero-order chi connectivity index (χ0) is 25.3. The molecule has 0 heterocycles. The lowest BCUT2D eigenvalue weighted by atomic mass is 10.1. The normalized spacial score (nSPS) is 12.1. The molecule has 0 bridgehead atoms. The molecule has 0 fully saturated rings. The van der Waals surface area contributed by atoms with Crippen LogP contribution >= 0.6 is 15.9 Å². The Bertz CT molecular complexity index is 1070. The molecule has 2 aromatic carbocycles. The van der Waals surface area contributed by atoms with Gasteiger partial charge in [0.05, 0.1) is 11.9 Å². The SMILES string of the molecule is CCCCNC(=O)[C@@H](CC)N(Cc1ccccc1C)C(=O)CN(c1ccc(Br)cc1)S(C)(=O)=O. The monoisotopic (exact) mass is 551 g/mol. The van der Waals surface area contributed by atoms with Gasteiger partial charge in [-0.15, -0.1) is 0 Å². The molecule has 0 aliphatic carbocycles. The molecule has 186 valence electrons. The number of aryl methyl sites for hydroxylation is 1. The molecule has 0 unspecified atom stereocenters. The van der Waals surface area contributed by atoms with Gasteiger partial charge in [0.15, 0.2) is 0 Å². The Balaban J connectivity index is 2.40. The quantitative estimate of drug-likeness (QED) is 0.399. The highest BCUT2D eigenvalue weighted by atomic mass is 79.9. The van der Waals surface area contributed by atoms with Gasteiger partial charge < -0.3 is 10.2 Å². The molecule has 0 aliphatic heterocycles. The van der Waals surface area contributed by atoms with Crippen LogP contribution in [0.2, 0.25) is 0 Å². The second-order valence-electron chi connectivity index (χ2n) is 8.26. The van der Waals surface area contributed by atoms with E-state index < -0.39 is 28.5 Å². The first-order chi connectivity index (χ1) is 16.1. The number of hydrogen-bond acceptors (Lipinski definition) is 4. The number of hydrogen-bond donors (Lipinski definition) is 1. The maximum atomic E-state index is 13.6. The first-order valence-corrected chi connectivity index (χ1v) is 14.1. The van der Waals surface area contributed by atoms with Gasteiger partial charge in [0.2, 0.25) is 21.8 Å². The van der Waals surface area contributed by atoms with Crippen molar-refractivity contribution in [3.05, 3.63) is 64.1 Å². The maximum Gasteiger partial charge on any atom is 0.244 e. The van der Waals surface area contributed by atoms with Crippen LogP contribution < -0.4 is 9.62 Å². The average molecular weight is 553 g/mol. The Labute approximate surface area is 211 Å². The van der Waals surface area contributed by atoms with E-state index in [1.807, 2.05) is 45.0 Å². The number of halogens is 1. The second-order valence-corrected chi connectivity index (χ2v) is 11.1. The summed E-state index contributed by atoms with van der Waals surface area (Å²) < 4.78 is 27.1. The van der Waals surface area contributed by atoms with Crippen LogP contribution in [0.5, 0.6) is 0 Å². The van der Waals surface area contributed by atoms with Crippen molar-refractivity contribution >= 4 is 43.5 Å². The van der Waals surface area contributed by atoms with Crippen molar-refractivity contribution in [2.75, 3.05) is 23.7 Å². The van der Waals surface area contributed by atoms with Crippen LogP contribution in [0.25, 0.3) is 0 Å². The standard InChI is InChI=1S/C25H34BrN3O4S/c1-5-7-16-27-25(31)23(6-2)28(17-20-11-9-8-10-19(20)3)24(30)18-29(34(4,32)33)22-14-12-21(26)13-15-22/h8-15,23H,5-7,16-18H2,1-4H3,(H,27,31)/t23-/m1/s1. The molecule has 34 heavy (non-hydrogen) atoms. The lowest BCUT2D eigenvalue weighted by molar-refractivity contribution is -0.140. The van der Waals surface area contributed by atoms with Crippen molar-refractivity contribution in [2.24, 2.45) is 0 Å². The number of nitrogens with one attached hydrogen (secondary N) is 1.